The van der Waals surface area contributed by atoms with E-state index in [-0.39, 0.29) is 5.54 Å². The molecule has 0 saturated heterocycles. The number of rotatable bonds is 5. The van der Waals surface area contributed by atoms with Gasteiger partial charge in [-0.05, 0) is 45.4 Å². The minimum absolute atomic E-state index is 0.0591. The van der Waals surface area contributed by atoms with Crippen molar-refractivity contribution >= 4 is 27.5 Å². The molecule has 0 unspecified atom stereocenters. The number of halogens is 2. The Hall–Kier alpha value is -0.510. The molecule has 1 aromatic rings. The predicted octanol–water partition coefficient (Wildman–Crippen LogP) is 4.78. The van der Waals surface area contributed by atoms with Crippen molar-refractivity contribution in [1.29, 1.82) is 0 Å². The highest BCUT2D eigenvalue weighted by atomic mass is 79.9. The highest BCUT2D eigenvalue weighted by Gasteiger charge is 2.13. The van der Waals surface area contributed by atoms with Gasteiger partial charge in [-0.25, -0.2) is 0 Å². The molecule has 0 saturated carbocycles. The predicted molar refractivity (Wildman–Crippen MR) is 86.0 cm³/mol. The third-order valence-electron chi connectivity index (χ3n) is 2.50. The van der Waals surface area contributed by atoms with Crippen LogP contribution in [0.15, 0.2) is 28.2 Å². The minimum atomic E-state index is 0.0591. The average molecular weight is 347 g/mol. The zero-order valence-corrected chi connectivity index (χ0v) is 14.3. The Morgan fingerprint density at radius 1 is 1.42 bits per heavy atom. The standard InChI is InChI=1S/C15H21BrClNO/c1-10-6-13(16)7-12(8-18-15(3,4)5)14(10)19-9-11(2)17/h6-7,18H,2,8-9H2,1,3-5H3. The van der Waals surface area contributed by atoms with Gasteiger partial charge in [0.1, 0.15) is 12.4 Å². The summed E-state index contributed by atoms with van der Waals surface area (Å²) in [5.74, 6) is 0.877. The second-order valence-corrected chi connectivity index (χ2v) is 7.07. The first-order valence-corrected chi connectivity index (χ1v) is 7.36. The number of hydrogen-bond donors (Lipinski definition) is 1. The van der Waals surface area contributed by atoms with Gasteiger partial charge in [0.2, 0.25) is 0 Å². The van der Waals surface area contributed by atoms with Crippen LogP contribution in [-0.2, 0) is 6.54 Å². The molecule has 0 aromatic heterocycles. The van der Waals surface area contributed by atoms with E-state index < -0.39 is 0 Å². The summed E-state index contributed by atoms with van der Waals surface area (Å²) in [6, 6.07) is 4.10. The van der Waals surface area contributed by atoms with E-state index in [1.54, 1.807) is 0 Å². The molecule has 0 radical (unpaired) electrons. The van der Waals surface area contributed by atoms with Gasteiger partial charge in [-0.15, -0.1) is 0 Å². The Morgan fingerprint density at radius 3 is 2.58 bits per heavy atom. The van der Waals surface area contributed by atoms with Crippen molar-refractivity contribution in [2.75, 3.05) is 6.61 Å². The molecule has 0 atom stereocenters. The fourth-order valence-corrected chi connectivity index (χ4v) is 2.32. The van der Waals surface area contributed by atoms with E-state index in [4.69, 9.17) is 16.3 Å². The summed E-state index contributed by atoms with van der Waals surface area (Å²) in [5.41, 5.74) is 2.25. The summed E-state index contributed by atoms with van der Waals surface area (Å²) in [4.78, 5) is 0. The molecule has 0 aliphatic rings. The molecule has 1 N–H and O–H groups in total. The van der Waals surface area contributed by atoms with Gasteiger partial charge in [0.15, 0.2) is 0 Å². The largest absolute Gasteiger partial charge is 0.487 e. The van der Waals surface area contributed by atoms with E-state index in [9.17, 15) is 0 Å². The molecule has 19 heavy (non-hydrogen) atoms. The molecular formula is C15H21BrClNO. The third-order valence-corrected chi connectivity index (χ3v) is 3.07. The number of hydrogen-bond acceptors (Lipinski definition) is 2. The van der Waals surface area contributed by atoms with E-state index in [0.717, 1.165) is 27.9 Å². The molecule has 1 rings (SSSR count). The van der Waals surface area contributed by atoms with Crippen LogP contribution >= 0.6 is 27.5 Å². The Labute approximate surface area is 129 Å². The topological polar surface area (TPSA) is 21.3 Å². The van der Waals surface area contributed by atoms with Crippen LogP contribution in [0.1, 0.15) is 31.9 Å². The van der Waals surface area contributed by atoms with Crippen molar-refractivity contribution in [2.24, 2.45) is 0 Å². The highest BCUT2D eigenvalue weighted by molar-refractivity contribution is 9.10. The van der Waals surface area contributed by atoms with E-state index in [2.05, 4.69) is 54.7 Å². The van der Waals surface area contributed by atoms with Crippen molar-refractivity contribution in [3.8, 4) is 5.75 Å². The van der Waals surface area contributed by atoms with Gasteiger partial charge < -0.3 is 10.1 Å². The summed E-state index contributed by atoms with van der Waals surface area (Å²) in [6.45, 7) is 13.2. The SMILES string of the molecule is C=C(Cl)COc1c(C)cc(Br)cc1CNC(C)(C)C. The molecule has 0 heterocycles. The molecule has 0 aliphatic carbocycles. The summed E-state index contributed by atoms with van der Waals surface area (Å²) >= 11 is 9.29. The van der Waals surface area contributed by atoms with E-state index in [1.165, 1.54) is 0 Å². The van der Waals surface area contributed by atoms with Crippen LogP contribution in [-0.4, -0.2) is 12.1 Å². The summed E-state index contributed by atoms with van der Waals surface area (Å²) in [5, 5.41) is 3.96. The lowest BCUT2D eigenvalue weighted by molar-refractivity contribution is 0.347. The van der Waals surface area contributed by atoms with Gasteiger partial charge in [0.25, 0.3) is 0 Å². The lowest BCUT2D eigenvalue weighted by atomic mass is 10.1. The van der Waals surface area contributed by atoms with Crippen LogP contribution in [0.25, 0.3) is 0 Å². The summed E-state index contributed by atoms with van der Waals surface area (Å²) in [7, 11) is 0. The molecular weight excluding hydrogens is 326 g/mol. The molecule has 0 spiro atoms. The quantitative estimate of drug-likeness (QED) is 0.828. The summed E-state index contributed by atoms with van der Waals surface area (Å²) < 4.78 is 6.81. The van der Waals surface area contributed by atoms with Gasteiger partial charge in [-0.2, -0.15) is 0 Å². The average Bonchev–Trinajstić information content (AvgIpc) is 2.23. The molecule has 0 amide bonds. The molecule has 1 aromatic carbocycles. The zero-order chi connectivity index (χ0) is 14.6. The van der Waals surface area contributed by atoms with Crippen molar-refractivity contribution in [1.82, 2.24) is 5.32 Å². The Balaban J connectivity index is 2.95. The van der Waals surface area contributed by atoms with Gasteiger partial charge in [-0.3, -0.25) is 0 Å². The molecule has 2 nitrogen and oxygen atoms in total. The second-order valence-electron chi connectivity index (χ2n) is 5.62. The van der Waals surface area contributed by atoms with Crippen LogP contribution < -0.4 is 10.1 Å². The minimum Gasteiger partial charge on any atom is -0.487 e. The molecule has 0 bridgehead atoms. The van der Waals surface area contributed by atoms with Crippen LogP contribution in [0.5, 0.6) is 5.75 Å². The first-order chi connectivity index (χ1) is 8.69. The maximum atomic E-state index is 5.77. The molecule has 0 fully saturated rings. The monoisotopic (exact) mass is 345 g/mol. The first kappa shape index (κ1) is 16.5. The zero-order valence-electron chi connectivity index (χ0n) is 11.9. The molecule has 106 valence electrons. The van der Waals surface area contributed by atoms with Crippen LogP contribution in [0.3, 0.4) is 0 Å². The first-order valence-electron chi connectivity index (χ1n) is 6.19. The fraction of sp³-hybridized carbons (Fsp3) is 0.467. The van der Waals surface area contributed by atoms with E-state index in [0.29, 0.717) is 11.6 Å². The summed E-state index contributed by atoms with van der Waals surface area (Å²) in [6.07, 6.45) is 0. The van der Waals surface area contributed by atoms with Crippen molar-refractivity contribution in [3.05, 3.63) is 39.3 Å². The van der Waals surface area contributed by atoms with Crippen LogP contribution in [0.4, 0.5) is 0 Å². The van der Waals surface area contributed by atoms with Crippen LogP contribution in [0, 0.1) is 6.92 Å². The number of ether oxygens (including phenoxy) is 1. The van der Waals surface area contributed by atoms with Crippen LogP contribution in [0.2, 0.25) is 0 Å². The van der Waals surface area contributed by atoms with Crippen molar-refractivity contribution < 1.29 is 4.74 Å². The Bertz CT molecular complexity index is 466. The van der Waals surface area contributed by atoms with Crippen molar-refractivity contribution in [2.45, 2.75) is 39.8 Å². The van der Waals surface area contributed by atoms with Gasteiger partial charge in [0.05, 0.1) is 0 Å². The maximum absolute atomic E-state index is 5.77. The van der Waals surface area contributed by atoms with E-state index in [1.807, 2.05) is 13.0 Å². The number of aryl methyl sites for hydroxylation is 1. The van der Waals surface area contributed by atoms with Crippen molar-refractivity contribution in [3.63, 3.8) is 0 Å². The second kappa shape index (κ2) is 6.78. The third kappa shape index (κ3) is 5.98. The fourth-order valence-electron chi connectivity index (χ4n) is 1.65. The van der Waals surface area contributed by atoms with Gasteiger partial charge in [0, 0.05) is 27.2 Å². The normalized spacial score (nSPS) is 11.5. The number of nitrogens with one attached hydrogen (secondary N) is 1. The highest BCUT2D eigenvalue weighted by Crippen LogP contribution is 2.29. The smallest absolute Gasteiger partial charge is 0.127 e. The maximum Gasteiger partial charge on any atom is 0.127 e. The molecule has 4 heteroatoms. The van der Waals surface area contributed by atoms with E-state index >= 15 is 0 Å². The lowest BCUT2D eigenvalue weighted by Gasteiger charge is -2.22. The van der Waals surface area contributed by atoms with Gasteiger partial charge >= 0.3 is 0 Å². The number of benzene rings is 1. The van der Waals surface area contributed by atoms with Gasteiger partial charge in [-0.1, -0.05) is 34.1 Å². The molecule has 0 aliphatic heterocycles. The lowest BCUT2D eigenvalue weighted by Crippen LogP contribution is -2.35. The Kier molecular flexibility index (Phi) is 5.90. The Morgan fingerprint density at radius 2 is 2.05 bits per heavy atom.